The lowest BCUT2D eigenvalue weighted by Crippen LogP contribution is -2.26. The summed E-state index contributed by atoms with van der Waals surface area (Å²) in [7, 11) is 0. The van der Waals surface area contributed by atoms with Crippen LogP contribution >= 0.6 is 0 Å². The molecule has 15 heavy (non-hydrogen) atoms. The summed E-state index contributed by atoms with van der Waals surface area (Å²) in [6, 6.07) is 1.94. The Labute approximate surface area is 90.1 Å². The number of hydrogen-bond acceptors (Lipinski definition) is 4. The van der Waals surface area contributed by atoms with Crippen molar-refractivity contribution in [2.24, 2.45) is 0 Å². The third-order valence-corrected chi connectivity index (χ3v) is 2.54. The molecule has 1 saturated heterocycles. The molecule has 0 spiro atoms. The van der Waals surface area contributed by atoms with E-state index in [4.69, 9.17) is 4.74 Å². The molecule has 1 atom stereocenters. The minimum atomic E-state index is 0.396. The average molecular weight is 207 g/mol. The van der Waals surface area contributed by atoms with Gasteiger partial charge in [0.2, 0.25) is 0 Å². The highest BCUT2D eigenvalue weighted by Crippen LogP contribution is 2.10. The molecule has 0 radical (unpaired) electrons. The molecule has 4 nitrogen and oxygen atoms in total. The molecular weight excluding hydrogens is 190 g/mol. The minimum absolute atomic E-state index is 0.396. The number of nitrogens with one attached hydrogen (secondary N) is 1. The van der Waals surface area contributed by atoms with Crippen LogP contribution in [0.15, 0.2) is 12.3 Å². The Morgan fingerprint density at radius 2 is 2.53 bits per heavy atom. The molecule has 0 amide bonds. The molecule has 0 bridgehead atoms. The fraction of sp³-hybridized carbons (Fsp3) is 0.636. The van der Waals surface area contributed by atoms with E-state index in [1.807, 2.05) is 13.0 Å². The molecule has 82 valence electrons. The van der Waals surface area contributed by atoms with Gasteiger partial charge in [-0.2, -0.15) is 0 Å². The van der Waals surface area contributed by atoms with Crippen LogP contribution in [0.1, 0.15) is 24.4 Å². The Kier molecular flexibility index (Phi) is 3.64. The van der Waals surface area contributed by atoms with Crippen LogP contribution in [0.2, 0.25) is 0 Å². The van der Waals surface area contributed by atoms with Gasteiger partial charge in [0, 0.05) is 25.9 Å². The zero-order valence-corrected chi connectivity index (χ0v) is 9.07. The lowest BCUT2D eigenvalue weighted by Gasteiger charge is -2.10. The van der Waals surface area contributed by atoms with E-state index >= 15 is 0 Å². The van der Waals surface area contributed by atoms with Crippen molar-refractivity contribution in [2.75, 3.05) is 13.2 Å². The summed E-state index contributed by atoms with van der Waals surface area (Å²) in [5, 5.41) is 3.36. The van der Waals surface area contributed by atoms with Crippen molar-refractivity contribution in [2.45, 2.75) is 32.4 Å². The Morgan fingerprint density at radius 3 is 3.27 bits per heavy atom. The van der Waals surface area contributed by atoms with Crippen LogP contribution in [0, 0.1) is 6.92 Å². The molecule has 4 heteroatoms. The molecule has 0 saturated carbocycles. The number of aromatic nitrogens is 2. The van der Waals surface area contributed by atoms with Gasteiger partial charge in [-0.15, -0.1) is 0 Å². The highest BCUT2D eigenvalue weighted by atomic mass is 16.5. The molecule has 2 rings (SSSR count). The fourth-order valence-electron chi connectivity index (χ4n) is 1.77. The molecule has 1 aliphatic heterocycles. The lowest BCUT2D eigenvalue weighted by atomic mass is 10.2. The molecule has 1 aromatic heterocycles. The SMILES string of the molecule is Cc1nccc(CNCC2CCCO2)n1. The number of hydrogen-bond donors (Lipinski definition) is 1. The summed E-state index contributed by atoms with van der Waals surface area (Å²) in [5.74, 6) is 0.825. The second-order valence-corrected chi connectivity index (χ2v) is 3.86. The van der Waals surface area contributed by atoms with Crippen molar-refractivity contribution in [3.8, 4) is 0 Å². The smallest absolute Gasteiger partial charge is 0.125 e. The van der Waals surface area contributed by atoms with E-state index < -0.39 is 0 Å². The first-order valence-corrected chi connectivity index (χ1v) is 5.45. The van der Waals surface area contributed by atoms with E-state index in [1.54, 1.807) is 6.20 Å². The molecule has 1 aliphatic rings. The summed E-state index contributed by atoms with van der Waals surface area (Å²) < 4.78 is 5.52. The van der Waals surface area contributed by atoms with Crippen molar-refractivity contribution in [3.05, 3.63) is 23.8 Å². The largest absolute Gasteiger partial charge is 0.377 e. The van der Waals surface area contributed by atoms with Gasteiger partial charge >= 0.3 is 0 Å². The number of aryl methyl sites for hydroxylation is 1. The van der Waals surface area contributed by atoms with Crippen LogP contribution in [-0.4, -0.2) is 29.2 Å². The molecule has 1 unspecified atom stereocenters. The lowest BCUT2D eigenvalue weighted by molar-refractivity contribution is 0.110. The van der Waals surface area contributed by atoms with Gasteiger partial charge in [0.15, 0.2) is 0 Å². The first-order chi connectivity index (χ1) is 7.34. The predicted molar refractivity (Wildman–Crippen MR) is 57.4 cm³/mol. The molecular formula is C11H17N3O. The van der Waals surface area contributed by atoms with Gasteiger partial charge in [-0.25, -0.2) is 9.97 Å². The third kappa shape index (κ3) is 3.25. The topological polar surface area (TPSA) is 47.0 Å². The minimum Gasteiger partial charge on any atom is -0.377 e. The van der Waals surface area contributed by atoms with E-state index in [2.05, 4.69) is 15.3 Å². The Morgan fingerprint density at radius 1 is 1.60 bits per heavy atom. The maximum Gasteiger partial charge on any atom is 0.125 e. The van der Waals surface area contributed by atoms with Crippen molar-refractivity contribution in [1.29, 1.82) is 0 Å². The Hall–Kier alpha value is -1.00. The van der Waals surface area contributed by atoms with Gasteiger partial charge in [0.25, 0.3) is 0 Å². The summed E-state index contributed by atoms with van der Waals surface area (Å²) >= 11 is 0. The standard InChI is InChI=1S/C11H17N3O/c1-9-13-5-4-10(14-9)7-12-8-11-3-2-6-15-11/h4-5,11-12H,2-3,6-8H2,1H3. The zero-order valence-electron chi connectivity index (χ0n) is 9.07. The zero-order chi connectivity index (χ0) is 10.5. The van der Waals surface area contributed by atoms with Gasteiger partial charge in [-0.3, -0.25) is 0 Å². The molecule has 0 aromatic carbocycles. The van der Waals surface area contributed by atoms with Crippen LogP contribution in [0.3, 0.4) is 0 Å². The first kappa shape index (κ1) is 10.5. The van der Waals surface area contributed by atoms with E-state index in [0.29, 0.717) is 6.10 Å². The highest BCUT2D eigenvalue weighted by Gasteiger charge is 2.14. The predicted octanol–water partition coefficient (Wildman–Crippen LogP) is 1.05. The second kappa shape index (κ2) is 5.19. The third-order valence-electron chi connectivity index (χ3n) is 2.54. The summed E-state index contributed by atoms with van der Waals surface area (Å²) in [6.07, 6.45) is 4.56. The number of ether oxygens (including phenoxy) is 1. The summed E-state index contributed by atoms with van der Waals surface area (Å²) in [6.45, 7) is 4.54. The molecule has 1 fully saturated rings. The second-order valence-electron chi connectivity index (χ2n) is 3.86. The van der Waals surface area contributed by atoms with Crippen molar-refractivity contribution in [1.82, 2.24) is 15.3 Å². The van der Waals surface area contributed by atoms with Crippen LogP contribution in [-0.2, 0) is 11.3 Å². The summed E-state index contributed by atoms with van der Waals surface area (Å²) in [5.41, 5.74) is 1.04. The van der Waals surface area contributed by atoms with E-state index in [0.717, 1.165) is 31.2 Å². The number of rotatable bonds is 4. The van der Waals surface area contributed by atoms with Gasteiger partial charge < -0.3 is 10.1 Å². The van der Waals surface area contributed by atoms with Crippen LogP contribution in [0.5, 0.6) is 0 Å². The first-order valence-electron chi connectivity index (χ1n) is 5.45. The van der Waals surface area contributed by atoms with Gasteiger partial charge in [-0.1, -0.05) is 0 Å². The molecule has 1 N–H and O–H groups in total. The van der Waals surface area contributed by atoms with E-state index in [-0.39, 0.29) is 0 Å². The maximum atomic E-state index is 5.52. The normalized spacial score (nSPS) is 20.7. The van der Waals surface area contributed by atoms with E-state index in [9.17, 15) is 0 Å². The van der Waals surface area contributed by atoms with Gasteiger partial charge in [0.1, 0.15) is 5.82 Å². The molecule has 1 aromatic rings. The van der Waals surface area contributed by atoms with Crippen molar-refractivity contribution < 1.29 is 4.74 Å². The molecule has 2 heterocycles. The number of nitrogens with zero attached hydrogens (tertiary/aromatic N) is 2. The quantitative estimate of drug-likeness (QED) is 0.801. The summed E-state index contributed by atoms with van der Waals surface area (Å²) in [4.78, 5) is 8.38. The molecule has 0 aliphatic carbocycles. The Balaban J connectivity index is 1.73. The monoisotopic (exact) mass is 207 g/mol. The van der Waals surface area contributed by atoms with Crippen LogP contribution in [0.25, 0.3) is 0 Å². The van der Waals surface area contributed by atoms with Crippen molar-refractivity contribution in [3.63, 3.8) is 0 Å². The van der Waals surface area contributed by atoms with Crippen molar-refractivity contribution >= 4 is 0 Å². The van der Waals surface area contributed by atoms with Crippen LogP contribution < -0.4 is 5.32 Å². The average Bonchev–Trinajstić information content (AvgIpc) is 2.71. The van der Waals surface area contributed by atoms with Gasteiger partial charge in [-0.05, 0) is 25.8 Å². The maximum absolute atomic E-state index is 5.52. The van der Waals surface area contributed by atoms with Crippen LogP contribution in [0.4, 0.5) is 0 Å². The highest BCUT2D eigenvalue weighted by molar-refractivity contribution is 5.01. The fourth-order valence-corrected chi connectivity index (χ4v) is 1.77. The van der Waals surface area contributed by atoms with E-state index in [1.165, 1.54) is 12.8 Å². The Bertz CT molecular complexity index is 310. The van der Waals surface area contributed by atoms with Gasteiger partial charge in [0.05, 0.1) is 11.8 Å².